The molecule has 1 aliphatic rings. The van der Waals surface area contributed by atoms with Gasteiger partial charge in [0, 0.05) is 17.1 Å². The topological polar surface area (TPSA) is 113 Å². The Labute approximate surface area is 183 Å². The van der Waals surface area contributed by atoms with Gasteiger partial charge in [0.15, 0.2) is 10.9 Å². The Hall–Kier alpha value is -2.27. The largest absolute Gasteiger partial charge is 0.422 e. The molecule has 10 heteroatoms. The molecule has 3 rings (SSSR count). The number of para-hydroxylation sites is 1. The van der Waals surface area contributed by atoms with Crippen molar-refractivity contribution in [3.05, 3.63) is 58.6 Å². The smallest absolute Gasteiger partial charge is 0.301 e. The van der Waals surface area contributed by atoms with E-state index in [0.717, 1.165) is 10.0 Å². The quantitative estimate of drug-likeness (QED) is 0.342. The van der Waals surface area contributed by atoms with Gasteiger partial charge in [-0.05, 0) is 37.6 Å². The molecular formula is C20H23BrN3O5S+. The summed E-state index contributed by atoms with van der Waals surface area (Å²) in [5.74, 6) is -1.06. The molecule has 0 bridgehead atoms. The molecule has 0 saturated carbocycles. The zero-order valence-corrected chi connectivity index (χ0v) is 18.9. The standard InChI is InChI=1S/C20H22BrN3O5S/c1-3-24(20(26)22-12-14-7-6-8-15(21)11-14)13(2)18(19(25)23-27)30(28,29)17-10-5-4-9-16(17)24/h4-11,13,18H,3,12H2,1-2H3,(H2-,22,23,25,26,27)/p+1. The first kappa shape index (κ1) is 22.4. The fourth-order valence-corrected chi connectivity index (χ4v) is 6.73. The predicted octanol–water partition coefficient (Wildman–Crippen LogP) is 2.74. The number of hydroxylamine groups is 1. The van der Waals surface area contributed by atoms with Crippen molar-refractivity contribution in [1.29, 1.82) is 0 Å². The second-order valence-corrected chi connectivity index (χ2v) is 10.1. The molecule has 8 nitrogen and oxygen atoms in total. The molecule has 3 N–H and O–H groups in total. The highest BCUT2D eigenvalue weighted by Crippen LogP contribution is 2.42. The Morgan fingerprint density at radius 3 is 2.50 bits per heavy atom. The maximum Gasteiger partial charge on any atom is 0.422 e. The molecule has 3 amide bonds. The maximum atomic E-state index is 13.5. The summed E-state index contributed by atoms with van der Waals surface area (Å²) in [6, 6.07) is 12.3. The van der Waals surface area contributed by atoms with Gasteiger partial charge in [-0.25, -0.2) is 23.2 Å². The average molecular weight is 497 g/mol. The van der Waals surface area contributed by atoms with Crippen molar-refractivity contribution >= 4 is 43.4 Å². The zero-order chi connectivity index (χ0) is 22.1. The van der Waals surface area contributed by atoms with E-state index in [-0.39, 0.29) is 22.5 Å². The Morgan fingerprint density at radius 1 is 1.17 bits per heavy atom. The van der Waals surface area contributed by atoms with Gasteiger partial charge in [-0.1, -0.05) is 40.2 Å². The minimum atomic E-state index is -4.10. The third-order valence-corrected chi connectivity index (χ3v) is 8.36. The number of hydrogen-bond donors (Lipinski definition) is 3. The van der Waals surface area contributed by atoms with E-state index in [9.17, 15) is 18.0 Å². The fourth-order valence-electron chi connectivity index (χ4n) is 4.16. The number of urea groups is 1. The molecular weight excluding hydrogens is 474 g/mol. The maximum absolute atomic E-state index is 13.5. The van der Waals surface area contributed by atoms with Crippen molar-refractivity contribution in [3.63, 3.8) is 0 Å². The summed E-state index contributed by atoms with van der Waals surface area (Å²) in [7, 11) is -4.10. The number of sulfone groups is 1. The number of fused-ring (bicyclic) bond motifs is 1. The summed E-state index contributed by atoms with van der Waals surface area (Å²) < 4.78 is 26.8. The first-order valence-corrected chi connectivity index (χ1v) is 11.7. The third-order valence-electron chi connectivity index (χ3n) is 5.63. The van der Waals surface area contributed by atoms with Crippen molar-refractivity contribution in [2.45, 2.75) is 36.6 Å². The van der Waals surface area contributed by atoms with Crippen LogP contribution in [0.15, 0.2) is 57.9 Å². The van der Waals surface area contributed by atoms with E-state index in [1.807, 2.05) is 24.3 Å². The van der Waals surface area contributed by atoms with E-state index in [1.54, 1.807) is 25.1 Å². The lowest BCUT2D eigenvalue weighted by Gasteiger charge is -2.45. The number of hydrogen-bond acceptors (Lipinski definition) is 5. The monoisotopic (exact) mass is 496 g/mol. The second kappa shape index (κ2) is 8.46. The minimum Gasteiger partial charge on any atom is -0.301 e. The lowest BCUT2D eigenvalue weighted by molar-refractivity contribution is -0.129. The Balaban J connectivity index is 2.10. The molecule has 0 fully saturated rings. The summed E-state index contributed by atoms with van der Waals surface area (Å²) in [4.78, 5) is 25.8. The highest BCUT2D eigenvalue weighted by Gasteiger charge is 2.59. The molecule has 3 atom stereocenters. The number of amides is 3. The number of nitrogens with zero attached hydrogens (tertiary/aromatic N) is 1. The minimum absolute atomic E-state index is 0.0869. The van der Waals surface area contributed by atoms with Gasteiger partial charge in [0.1, 0.15) is 10.9 Å². The Morgan fingerprint density at radius 2 is 1.87 bits per heavy atom. The molecule has 0 radical (unpaired) electrons. The number of carbonyl (C=O) groups is 2. The van der Waals surface area contributed by atoms with Crippen molar-refractivity contribution in [2.24, 2.45) is 0 Å². The van der Waals surface area contributed by atoms with Gasteiger partial charge in [0.2, 0.25) is 9.84 Å². The van der Waals surface area contributed by atoms with E-state index in [4.69, 9.17) is 5.21 Å². The van der Waals surface area contributed by atoms with Crippen LogP contribution in [0.25, 0.3) is 0 Å². The molecule has 0 spiro atoms. The Bertz CT molecular complexity index is 1090. The van der Waals surface area contributed by atoms with Crippen molar-refractivity contribution in [3.8, 4) is 0 Å². The van der Waals surface area contributed by atoms with Gasteiger partial charge in [0.05, 0.1) is 6.54 Å². The van der Waals surface area contributed by atoms with Crippen molar-refractivity contribution < 1.29 is 23.2 Å². The number of halogens is 1. The van der Waals surface area contributed by atoms with Crippen LogP contribution in [0.4, 0.5) is 10.5 Å². The summed E-state index contributed by atoms with van der Waals surface area (Å²) in [5.41, 5.74) is 2.62. The first-order chi connectivity index (χ1) is 14.2. The van der Waals surface area contributed by atoms with Gasteiger partial charge >= 0.3 is 6.03 Å². The van der Waals surface area contributed by atoms with Crippen molar-refractivity contribution in [1.82, 2.24) is 15.3 Å². The molecule has 160 valence electrons. The lowest BCUT2D eigenvalue weighted by atomic mass is 10.1. The van der Waals surface area contributed by atoms with Gasteiger partial charge < -0.3 is 5.32 Å². The molecule has 1 heterocycles. The highest BCUT2D eigenvalue weighted by molar-refractivity contribution is 9.10. The van der Waals surface area contributed by atoms with Crippen LogP contribution in [0.5, 0.6) is 0 Å². The molecule has 3 unspecified atom stereocenters. The van der Waals surface area contributed by atoms with Crippen LogP contribution < -0.4 is 15.3 Å². The molecule has 0 saturated heterocycles. The average Bonchev–Trinajstić information content (AvgIpc) is 2.72. The fraction of sp³-hybridized carbons (Fsp3) is 0.300. The predicted molar refractivity (Wildman–Crippen MR) is 116 cm³/mol. The summed E-state index contributed by atoms with van der Waals surface area (Å²) in [6.45, 7) is 3.75. The lowest BCUT2D eigenvalue weighted by Crippen LogP contribution is -2.71. The highest BCUT2D eigenvalue weighted by atomic mass is 79.9. The number of carbonyl (C=O) groups excluding carboxylic acids is 2. The summed E-state index contributed by atoms with van der Waals surface area (Å²) >= 11 is 3.39. The normalized spacial score (nSPS) is 24.5. The number of benzene rings is 2. The van der Waals surface area contributed by atoms with Crippen LogP contribution in [0.1, 0.15) is 19.4 Å². The number of quaternary nitrogens is 1. The van der Waals surface area contributed by atoms with Gasteiger partial charge in [-0.2, -0.15) is 0 Å². The molecule has 2 aromatic rings. The number of nitrogens with one attached hydrogen (secondary N) is 2. The van der Waals surface area contributed by atoms with E-state index >= 15 is 0 Å². The van der Waals surface area contributed by atoms with Gasteiger partial charge in [-0.15, -0.1) is 0 Å². The molecule has 0 aromatic heterocycles. The van der Waals surface area contributed by atoms with Gasteiger partial charge in [0.25, 0.3) is 5.91 Å². The van der Waals surface area contributed by atoms with E-state index in [0.29, 0.717) is 5.69 Å². The SMILES string of the molecule is CC[N+]1(C(=O)NCc2cccc(Br)c2)c2ccccc2S(=O)(=O)C(C(=O)NO)C1C. The molecule has 1 aliphatic heterocycles. The third kappa shape index (κ3) is 3.53. The van der Waals surface area contributed by atoms with Crippen LogP contribution in [-0.4, -0.2) is 43.4 Å². The number of rotatable bonds is 4. The van der Waals surface area contributed by atoms with Crippen LogP contribution >= 0.6 is 15.9 Å². The van der Waals surface area contributed by atoms with Crippen LogP contribution in [0.2, 0.25) is 0 Å². The van der Waals surface area contributed by atoms with Gasteiger partial charge in [-0.3, -0.25) is 10.0 Å². The second-order valence-electron chi connectivity index (χ2n) is 7.12. The first-order valence-electron chi connectivity index (χ1n) is 9.38. The van der Waals surface area contributed by atoms with E-state index in [1.165, 1.54) is 18.5 Å². The molecule has 0 aliphatic carbocycles. The Kier molecular flexibility index (Phi) is 6.32. The van der Waals surface area contributed by atoms with E-state index < -0.39 is 33.1 Å². The zero-order valence-electron chi connectivity index (χ0n) is 16.5. The van der Waals surface area contributed by atoms with Crippen LogP contribution in [-0.2, 0) is 21.2 Å². The summed E-state index contributed by atoms with van der Waals surface area (Å²) in [5, 5.41) is 10.4. The molecule has 2 aromatic carbocycles. The van der Waals surface area contributed by atoms with Crippen LogP contribution in [0.3, 0.4) is 0 Å². The van der Waals surface area contributed by atoms with Crippen molar-refractivity contribution in [2.75, 3.05) is 6.54 Å². The summed E-state index contributed by atoms with van der Waals surface area (Å²) in [6.07, 6.45) is 0. The van der Waals surface area contributed by atoms with Crippen LogP contribution in [0, 0.1) is 0 Å². The molecule has 30 heavy (non-hydrogen) atoms. The van der Waals surface area contributed by atoms with E-state index in [2.05, 4.69) is 21.2 Å².